The fraction of sp³-hybridized carbons (Fsp3) is 0.357. The molecule has 0 spiro atoms. The van der Waals surface area contributed by atoms with E-state index in [0.29, 0.717) is 18.7 Å². The second kappa shape index (κ2) is 4.96. The molecule has 1 aliphatic heterocycles. The number of hydrogen-bond donors (Lipinski definition) is 1. The number of nitrogens with one attached hydrogen (secondary N) is 1. The van der Waals surface area contributed by atoms with E-state index in [4.69, 9.17) is 4.74 Å². The molecular weight excluding hydrogens is 256 g/mol. The molecule has 0 unspecified atom stereocenters. The number of aryl methyl sites for hydroxylation is 1. The molecule has 3 rings (SSSR count). The van der Waals surface area contributed by atoms with Gasteiger partial charge >= 0.3 is 0 Å². The number of rotatable bonds is 3. The summed E-state index contributed by atoms with van der Waals surface area (Å²) in [6, 6.07) is 5.87. The molecule has 6 nitrogen and oxygen atoms in total. The quantitative estimate of drug-likeness (QED) is 0.921. The van der Waals surface area contributed by atoms with Crippen LogP contribution in [0.5, 0.6) is 5.88 Å². The number of pyridine rings is 1. The van der Waals surface area contributed by atoms with Crippen LogP contribution >= 0.6 is 0 Å². The van der Waals surface area contributed by atoms with Gasteiger partial charge in [-0.1, -0.05) is 6.92 Å². The normalized spacial score (nSPS) is 15.1. The summed E-state index contributed by atoms with van der Waals surface area (Å²) >= 11 is 0. The first-order valence-corrected chi connectivity index (χ1v) is 6.64. The van der Waals surface area contributed by atoms with Gasteiger partial charge in [-0.2, -0.15) is 10.2 Å². The average molecular weight is 272 g/mol. The molecule has 3 heterocycles. The van der Waals surface area contributed by atoms with E-state index in [-0.39, 0.29) is 5.91 Å². The molecule has 1 aliphatic rings. The zero-order valence-electron chi connectivity index (χ0n) is 11.5. The molecule has 0 fully saturated rings. The maximum Gasteiger partial charge on any atom is 0.240 e. The van der Waals surface area contributed by atoms with Gasteiger partial charge in [-0.15, -0.1) is 0 Å². The minimum Gasteiger partial charge on any atom is -0.481 e. The van der Waals surface area contributed by atoms with Crippen molar-refractivity contribution in [3.8, 4) is 5.88 Å². The van der Waals surface area contributed by atoms with E-state index < -0.39 is 0 Å². The molecule has 6 heteroatoms. The van der Waals surface area contributed by atoms with Crippen LogP contribution in [0.1, 0.15) is 31.0 Å². The minimum atomic E-state index is -0.0407. The summed E-state index contributed by atoms with van der Waals surface area (Å²) in [5.74, 6) is 0.643. The Morgan fingerprint density at radius 1 is 1.40 bits per heavy atom. The number of nitrogens with zero attached hydrogens (tertiary/aromatic N) is 3. The van der Waals surface area contributed by atoms with Crippen molar-refractivity contribution in [3.05, 3.63) is 29.5 Å². The largest absolute Gasteiger partial charge is 0.481 e. The molecule has 2 aromatic rings. The summed E-state index contributed by atoms with van der Waals surface area (Å²) in [4.78, 5) is 11.2. The monoisotopic (exact) mass is 272 g/mol. The number of ether oxygens (including phenoxy) is 1. The lowest BCUT2D eigenvalue weighted by atomic mass is 10.0. The van der Waals surface area contributed by atoms with Gasteiger partial charge in [0.1, 0.15) is 0 Å². The van der Waals surface area contributed by atoms with Gasteiger partial charge in [0, 0.05) is 24.5 Å². The molecule has 0 saturated heterocycles. The van der Waals surface area contributed by atoms with E-state index in [0.717, 1.165) is 28.9 Å². The number of aromatic nitrogens is 2. The lowest BCUT2D eigenvalue weighted by Crippen LogP contribution is -2.26. The maximum absolute atomic E-state index is 11.2. The molecule has 0 bridgehead atoms. The summed E-state index contributed by atoms with van der Waals surface area (Å²) in [5.41, 5.74) is 6.34. The highest BCUT2D eigenvalue weighted by atomic mass is 16.5. The molecule has 20 heavy (non-hydrogen) atoms. The highest BCUT2D eigenvalue weighted by Crippen LogP contribution is 2.23. The molecule has 0 atom stereocenters. The summed E-state index contributed by atoms with van der Waals surface area (Å²) in [7, 11) is 1.63. The molecule has 0 saturated carbocycles. The van der Waals surface area contributed by atoms with Gasteiger partial charge in [0.25, 0.3) is 0 Å². The molecule has 1 amide bonds. The number of carbonyl (C=O) groups excluding carboxylic acids is 1. The second-order valence-electron chi connectivity index (χ2n) is 4.67. The van der Waals surface area contributed by atoms with E-state index in [1.807, 2.05) is 18.2 Å². The highest BCUT2D eigenvalue weighted by Gasteiger charge is 2.18. The van der Waals surface area contributed by atoms with Crippen molar-refractivity contribution in [2.45, 2.75) is 26.2 Å². The van der Waals surface area contributed by atoms with Gasteiger partial charge < -0.3 is 4.74 Å². The van der Waals surface area contributed by atoms with Gasteiger partial charge in [0.05, 0.1) is 24.0 Å². The van der Waals surface area contributed by atoms with Crippen molar-refractivity contribution in [3.63, 3.8) is 0 Å². The summed E-state index contributed by atoms with van der Waals surface area (Å²) in [5, 5.41) is 8.68. The van der Waals surface area contributed by atoms with Crippen molar-refractivity contribution in [2.75, 3.05) is 7.11 Å². The van der Waals surface area contributed by atoms with Crippen LogP contribution < -0.4 is 10.2 Å². The highest BCUT2D eigenvalue weighted by molar-refractivity contribution is 6.08. The predicted octanol–water partition coefficient (Wildman–Crippen LogP) is 1.52. The zero-order chi connectivity index (χ0) is 14.1. The number of methoxy groups -OCH3 is 1. The number of amides is 1. The van der Waals surface area contributed by atoms with Gasteiger partial charge in [-0.3, -0.25) is 4.79 Å². The first-order valence-electron chi connectivity index (χ1n) is 6.64. The Morgan fingerprint density at radius 3 is 2.90 bits per heavy atom. The summed E-state index contributed by atoms with van der Waals surface area (Å²) < 4.78 is 7.12. The van der Waals surface area contributed by atoms with E-state index in [9.17, 15) is 4.79 Å². The third kappa shape index (κ3) is 2.03. The first-order chi connectivity index (χ1) is 9.72. The van der Waals surface area contributed by atoms with Gasteiger partial charge in [-0.25, -0.2) is 9.94 Å². The van der Waals surface area contributed by atoms with E-state index in [2.05, 4.69) is 22.5 Å². The first kappa shape index (κ1) is 12.7. The van der Waals surface area contributed by atoms with Crippen LogP contribution in [0.25, 0.3) is 5.52 Å². The smallest absolute Gasteiger partial charge is 0.240 e. The average Bonchev–Trinajstić information content (AvgIpc) is 2.91. The molecule has 2 aromatic heterocycles. The molecule has 1 N–H and O–H groups in total. The number of hydrogen-bond acceptors (Lipinski definition) is 4. The van der Waals surface area contributed by atoms with Crippen molar-refractivity contribution in [1.82, 2.24) is 15.0 Å². The Balaban J connectivity index is 2.16. The van der Waals surface area contributed by atoms with E-state index in [1.165, 1.54) is 0 Å². The second-order valence-corrected chi connectivity index (χ2v) is 4.67. The Labute approximate surface area is 116 Å². The topological polar surface area (TPSA) is 68.0 Å². The fourth-order valence-corrected chi connectivity index (χ4v) is 2.34. The predicted molar refractivity (Wildman–Crippen MR) is 75.0 cm³/mol. The molecule has 0 radical (unpaired) electrons. The standard InChI is InChI=1S/C14H16N4O2/c1-3-9-8-12-10(11-5-6-13(19)16-15-11)4-7-14(20-2)18(12)17-9/h4,7-8H,3,5-6H2,1-2H3,(H,16,19). The van der Waals surface area contributed by atoms with Crippen LogP contribution in [-0.4, -0.2) is 28.3 Å². The van der Waals surface area contributed by atoms with Crippen LogP contribution in [0.2, 0.25) is 0 Å². The van der Waals surface area contributed by atoms with Gasteiger partial charge in [0.15, 0.2) is 0 Å². The third-order valence-electron chi connectivity index (χ3n) is 3.42. The van der Waals surface area contributed by atoms with Crippen LogP contribution in [0.15, 0.2) is 23.3 Å². The molecule has 0 aliphatic carbocycles. The minimum absolute atomic E-state index is 0.0407. The summed E-state index contributed by atoms with van der Waals surface area (Å²) in [6.07, 6.45) is 1.96. The number of carbonyl (C=O) groups is 1. The van der Waals surface area contributed by atoms with Crippen LogP contribution in [0, 0.1) is 0 Å². The van der Waals surface area contributed by atoms with Gasteiger partial charge in [-0.05, 0) is 18.6 Å². The van der Waals surface area contributed by atoms with Crippen molar-refractivity contribution < 1.29 is 9.53 Å². The third-order valence-corrected chi connectivity index (χ3v) is 3.42. The Morgan fingerprint density at radius 2 is 2.25 bits per heavy atom. The lowest BCUT2D eigenvalue weighted by molar-refractivity contribution is -0.121. The van der Waals surface area contributed by atoms with Crippen LogP contribution in [0.4, 0.5) is 0 Å². The SMILES string of the molecule is CCc1cc2c(C3=NNC(=O)CC3)ccc(OC)n2n1. The number of fused-ring (bicyclic) bond motifs is 1. The van der Waals surface area contributed by atoms with Crippen LogP contribution in [0.3, 0.4) is 0 Å². The Bertz CT molecular complexity index is 703. The van der Waals surface area contributed by atoms with E-state index in [1.54, 1.807) is 11.6 Å². The number of hydrazone groups is 1. The van der Waals surface area contributed by atoms with Crippen molar-refractivity contribution in [2.24, 2.45) is 5.10 Å². The van der Waals surface area contributed by atoms with Crippen LogP contribution in [-0.2, 0) is 11.2 Å². The van der Waals surface area contributed by atoms with E-state index >= 15 is 0 Å². The molecule has 104 valence electrons. The van der Waals surface area contributed by atoms with Gasteiger partial charge in [0.2, 0.25) is 11.8 Å². The Kier molecular flexibility index (Phi) is 3.14. The van der Waals surface area contributed by atoms with Crippen molar-refractivity contribution in [1.29, 1.82) is 0 Å². The van der Waals surface area contributed by atoms with Crippen molar-refractivity contribution >= 4 is 17.1 Å². The molecule has 0 aromatic carbocycles. The zero-order valence-corrected chi connectivity index (χ0v) is 11.5. The lowest BCUT2D eigenvalue weighted by Gasteiger charge is -2.14. The maximum atomic E-state index is 11.2. The Hall–Kier alpha value is -2.37. The summed E-state index contributed by atoms with van der Waals surface area (Å²) in [6.45, 7) is 2.06. The fourth-order valence-electron chi connectivity index (χ4n) is 2.34. The molecular formula is C14H16N4O2.